The molecular formula is C12H11ClF3N3O2. The van der Waals surface area contributed by atoms with Gasteiger partial charge in [-0.15, -0.1) is 0 Å². The van der Waals surface area contributed by atoms with E-state index in [0.29, 0.717) is 18.2 Å². The third-order valence-electron chi connectivity index (χ3n) is 3.13. The van der Waals surface area contributed by atoms with Crippen LogP contribution in [0.4, 0.5) is 24.5 Å². The number of anilines is 2. The van der Waals surface area contributed by atoms with Gasteiger partial charge in [0.2, 0.25) is 5.91 Å². The van der Waals surface area contributed by atoms with Crippen molar-refractivity contribution in [3.8, 4) is 0 Å². The highest BCUT2D eigenvalue weighted by atomic mass is 35.5. The van der Waals surface area contributed by atoms with E-state index in [-0.39, 0.29) is 23.0 Å². The van der Waals surface area contributed by atoms with Crippen molar-refractivity contribution in [2.75, 3.05) is 10.6 Å². The summed E-state index contributed by atoms with van der Waals surface area (Å²) in [6.07, 6.45) is -4.84. The summed E-state index contributed by atoms with van der Waals surface area (Å²) in [7, 11) is 0. The lowest BCUT2D eigenvalue weighted by Crippen LogP contribution is -2.59. The zero-order valence-electron chi connectivity index (χ0n) is 10.8. The Labute approximate surface area is 122 Å². The third kappa shape index (κ3) is 2.81. The van der Waals surface area contributed by atoms with Crippen LogP contribution in [-0.2, 0) is 16.0 Å². The number of carbonyl (C=O) groups excluding carboxylic acids is 2. The highest BCUT2D eigenvalue weighted by Crippen LogP contribution is 2.34. The van der Waals surface area contributed by atoms with Crippen LogP contribution in [0, 0.1) is 0 Å². The van der Waals surface area contributed by atoms with Crippen LogP contribution < -0.4 is 16.4 Å². The van der Waals surface area contributed by atoms with Crippen LogP contribution in [0.3, 0.4) is 0 Å². The summed E-state index contributed by atoms with van der Waals surface area (Å²) in [5.74, 6) is -1.70. The molecule has 1 aromatic rings. The van der Waals surface area contributed by atoms with E-state index in [1.165, 1.54) is 12.1 Å². The third-order valence-corrected chi connectivity index (χ3v) is 3.44. The number of benzene rings is 1. The molecule has 0 bridgehead atoms. The van der Waals surface area contributed by atoms with Crippen molar-refractivity contribution in [1.29, 1.82) is 0 Å². The van der Waals surface area contributed by atoms with Crippen molar-refractivity contribution in [3.63, 3.8) is 0 Å². The normalized spacial score (nSPS) is 17.0. The van der Waals surface area contributed by atoms with Crippen molar-refractivity contribution < 1.29 is 22.8 Å². The van der Waals surface area contributed by atoms with Gasteiger partial charge >= 0.3 is 6.18 Å². The number of carbonyl (C=O) groups is 2. The first-order chi connectivity index (χ1) is 9.52. The minimum absolute atomic E-state index is 0.00211. The molecule has 0 fully saturated rings. The Morgan fingerprint density at radius 3 is 2.62 bits per heavy atom. The van der Waals surface area contributed by atoms with Crippen molar-refractivity contribution in [2.24, 2.45) is 5.73 Å². The number of hydrogen-bond acceptors (Lipinski definition) is 3. The van der Waals surface area contributed by atoms with E-state index in [0.717, 1.165) is 0 Å². The molecule has 2 rings (SSSR count). The molecule has 1 atom stereocenters. The fraction of sp³-hybridized carbons (Fsp3) is 0.333. The minimum Gasteiger partial charge on any atom is -0.325 e. The van der Waals surface area contributed by atoms with Gasteiger partial charge in [0.25, 0.3) is 5.91 Å². The number of alkyl halides is 3. The highest BCUT2D eigenvalue weighted by molar-refractivity contribution is 6.34. The molecule has 5 nitrogen and oxygen atoms in total. The maximum absolute atomic E-state index is 12.7. The predicted octanol–water partition coefficient (Wildman–Crippen LogP) is 2.05. The number of nitrogens with one attached hydrogen (secondary N) is 2. The van der Waals surface area contributed by atoms with Gasteiger partial charge in [0.1, 0.15) is 0 Å². The standard InChI is InChI=1S/C12H11ClF3N3O2/c1-11(17,12(14,15)16)10(21)19-8-2-5-3-9(20)18-7(5)4-6(8)13/h2,4H,3,17H2,1H3,(H,18,20)(H,19,21). The van der Waals surface area contributed by atoms with Crippen LogP contribution in [0.5, 0.6) is 0 Å². The first-order valence-electron chi connectivity index (χ1n) is 5.81. The quantitative estimate of drug-likeness (QED) is 0.779. The lowest BCUT2D eigenvalue weighted by molar-refractivity contribution is -0.184. The van der Waals surface area contributed by atoms with Crippen LogP contribution in [0.2, 0.25) is 5.02 Å². The summed E-state index contributed by atoms with van der Waals surface area (Å²) in [4.78, 5) is 22.9. The summed E-state index contributed by atoms with van der Waals surface area (Å²) >= 11 is 5.88. The molecule has 9 heteroatoms. The van der Waals surface area contributed by atoms with E-state index >= 15 is 0 Å². The summed E-state index contributed by atoms with van der Waals surface area (Å²) in [5.41, 5.74) is 2.94. The predicted molar refractivity (Wildman–Crippen MR) is 71.1 cm³/mol. The second kappa shape index (κ2) is 4.88. The molecule has 1 aromatic carbocycles. The van der Waals surface area contributed by atoms with Gasteiger partial charge in [-0.05, 0) is 24.6 Å². The lowest BCUT2D eigenvalue weighted by atomic mass is 10.0. The molecule has 1 aliphatic heterocycles. The van der Waals surface area contributed by atoms with E-state index < -0.39 is 17.6 Å². The molecule has 21 heavy (non-hydrogen) atoms. The van der Waals surface area contributed by atoms with Gasteiger partial charge in [0, 0.05) is 5.69 Å². The van der Waals surface area contributed by atoms with Crippen molar-refractivity contribution in [1.82, 2.24) is 0 Å². The van der Waals surface area contributed by atoms with Gasteiger partial charge < -0.3 is 16.4 Å². The zero-order chi connectivity index (χ0) is 16.0. The number of fused-ring (bicyclic) bond motifs is 1. The van der Waals surface area contributed by atoms with Crippen LogP contribution in [-0.4, -0.2) is 23.5 Å². The number of nitrogens with two attached hydrogens (primary N) is 1. The van der Waals surface area contributed by atoms with Gasteiger partial charge in [-0.1, -0.05) is 11.6 Å². The molecule has 4 N–H and O–H groups in total. The van der Waals surface area contributed by atoms with E-state index in [9.17, 15) is 22.8 Å². The fourth-order valence-electron chi connectivity index (χ4n) is 1.72. The summed E-state index contributed by atoms with van der Waals surface area (Å²) < 4.78 is 38.1. The lowest BCUT2D eigenvalue weighted by Gasteiger charge is -2.26. The highest BCUT2D eigenvalue weighted by Gasteiger charge is 2.54. The SMILES string of the molecule is CC(N)(C(=O)Nc1cc2c(cc1Cl)NC(=O)C2)C(F)(F)F. The zero-order valence-corrected chi connectivity index (χ0v) is 11.5. The fourth-order valence-corrected chi connectivity index (χ4v) is 1.94. The Kier molecular flexibility index (Phi) is 3.63. The molecular weight excluding hydrogens is 311 g/mol. The second-order valence-electron chi connectivity index (χ2n) is 4.87. The van der Waals surface area contributed by atoms with Crippen LogP contribution in [0.15, 0.2) is 12.1 Å². The molecule has 0 radical (unpaired) electrons. The van der Waals surface area contributed by atoms with Crippen LogP contribution in [0.25, 0.3) is 0 Å². The Bertz CT molecular complexity index is 629. The number of halogens is 4. The summed E-state index contributed by atoms with van der Waals surface area (Å²) in [6, 6.07) is 2.71. The molecule has 0 spiro atoms. The van der Waals surface area contributed by atoms with E-state index in [1.54, 1.807) is 0 Å². The molecule has 0 aromatic heterocycles. The van der Waals surface area contributed by atoms with Gasteiger partial charge in [0.15, 0.2) is 5.54 Å². The van der Waals surface area contributed by atoms with Gasteiger partial charge in [-0.3, -0.25) is 9.59 Å². The molecule has 0 saturated carbocycles. The number of rotatable bonds is 2. The Hall–Kier alpha value is -1.80. The Morgan fingerprint density at radius 1 is 1.43 bits per heavy atom. The average Bonchev–Trinajstić information content (AvgIpc) is 2.67. The molecule has 1 heterocycles. The molecule has 1 aliphatic rings. The van der Waals surface area contributed by atoms with Gasteiger partial charge in [-0.25, -0.2) is 0 Å². The van der Waals surface area contributed by atoms with Crippen molar-refractivity contribution >= 4 is 34.8 Å². The van der Waals surface area contributed by atoms with Crippen LogP contribution in [0.1, 0.15) is 12.5 Å². The van der Waals surface area contributed by atoms with E-state index in [2.05, 4.69) is 5.32 Å². The van der Waals surface area contributed by atoms with Crippen LogP contribution >= 0.6 is 11.6 Å². The van der Waals surface area contributed by atoms with Gasteiger partial charge in [0.05, 0.1) is 17.1 Å². The second-order valence-corrected chi connectivity index (χ2v) is 5.28. The molecule has 2 amide bonds. The Morgan fingerprint density at radius 2 is 2.05 bits per heavy atom. The molecule has 0 aliphatic carbocycles. The summed E-state index contributed by atoms with van der Waals surface area (Å²) in [6.45, 7) is 0.564. The Balaban J connectivity index is 2.27. The van der Waals surface area contributed by atoms with Gasteiger partial charge in [-0.2, -0.15) is 13.2 Å². The summed E-state index contributed by atoms with van der Waals surface area (Å²) in [5, 5.41) is 4.58. The maximum atomic E-state index is 12.7. The molecule has 1 unspecified atom stereocenters. The topological polar surface area (TPSA) is 84.2 Å². The first kappa shape index (κ1) is 15.6. The molecule has 114 valence electrons. The minimum atomic E-state index is -4.90. The number of hydrogen-bond donors (Lipinski definition) is 3. The average molecular weight is 322 g/mol. The number of amides is 2. The molecule has 0 saturated heterocycles. The smallest absolute Gasteiger partial charge is 0.325 e. The van der Waals surface area contributed by atoms with Crippen molar-refractivity contribution in [3.05, 3.63) is 22.7 Å². The van der Waals surface area contributed by atoms with Crippen molar-refractivity contribution in [2.45, 2.75) is 25.1 Å². The largest absolute Gasteiger partial charge is 0.415 e. The monoisotopic (exact) mass is 321 g/mol. The first-order valence-corrected chi connectivity index (χ1v) is 6.19. The maximum Gasteiger partial charge on any atom is 0.415 e. The van der Waals surface area contributed by atoms with E-state index in [1.807, 2.05) is 5.32 Å². The van der Waals surface area contributed by atoms with E-state index in [4.69, 9.17) is 17.3 Å².